The fourth-order valence-corrected chi connectivity index (χ4v) is 5.87. The van der Waals surface area contributed by atoms with Gasteiger partial charge in [0.1, 0.15) is 32.0 Å². The number of carbonyl (C=O) groups is 2. The van der Waals surface area contributed by atoms with Crippen molar-refractivity contribution in [3.63, 3.8) is 0 Å². The van der Waals surface area contributed by atoms with Gasteiger partial charge in [-0.05, 0) is 38.1 Å². The molecule has 230 valence electrons. The summed E-state index contributed by atoms with van der Waals surface area (Å²) in [6.45, 7) is 5.59. The van der Waals surface area contributed by atoms with Crippen molar-refractivity contribution in [2.24, 2.45) is 10.3 Å². The zero-order valence-electron chi connectivity index (χ0n) is 22.7. The number of rotatable bonds is 7. The van der Waals surface area contributed by atoms with Crippen LogP contribution in [0.2, 0.25) is 0 Å². The van der Waals surface area contributed by atoms with Crippen molar-refractivity contribution >= 4 is 31.9 Å². The van der Waals surface area contributed by atoms with E-state index in [0.717, 1.165) is 38.1 Å². The molecule has 2 aromatic rings. The van der Waals surface area contributed by atoms with Crippen molar-refractivity contribution in [2.45, 2.75) is 35.6 Å². The van der Waals surface area contributed by atoms with Crippen molar-refractivity contribution in [1.29, 1.82) is 0 Å². The van der Waals surface area contributed by atoms with Gasteiger partial charge in [0.05, 0.1) is 15.4 Å². The third kappa shape index (κ3) is 7.22. The summed E-state index contributed by atoms with van der Waals surface area (Å²) in [4.78, 5) is 25.5. The van der Waals surface area contributed by atoms with Crippen LogP contribution in [0.3, 0.4) is 0 Å². The monoisotopic (exact) mass is 628 g/mol. The van der Waals surface area contributed by atoms with E-state index < -0.39 is 31.9 Å². The first-order chi connectivity index (χ1) is 19.8. The maximum atomic E-state index is 12.6. The summed E-state index contributed by atoms with van der Waals surface area (Å²) in [5, 5.41) is 22.0. The predicted molar refractivity (Wildman–Crippen MR) is 147 cm³/mol. The van der Waals surface area contributed by atoms with Crippen LogP contribution < -0.4 is 34.5 Å². The number of carboxylic acids is 1. The van der Waals surface area contributed by atoms with Crippen LogP contribution in [0.4, 0.5) is 0 Å². The molecule has 17 heteroatoms. The fourth-order valence-electron chi connectivity index (χ4n) is 4.76. The van der Waals surface area contributed by atoms with E-state index in [-0.39, 0.29) is 63.7 Å². The number of likely N-dealkylation sites (tertiary alicyclic amines) is 1. The molecule has 42 heavy (non-hydrogen) atoms. The van der Waals surface area contributed by atoms with Crippen molar-refractivity contribution in [2.75, 3.05) is 46.1 Å². The molecule has 0 aromatic heterocycles. The summed E-state index contributed by atoms with van der Waals surface area (Å²) in [7, 11) is -7.95. The number of ether oxygens (including phenoxy) is 4. The van der Waals surface area contributed by atoms with Gasteiger partial charge in [-0.1, -0.05) is 6.92 Å². The Balaban J connectivity index is 0.000000208. The number of amides is 1. The fraction of sp³-hybridized carbons (Fsp3) is 0.440. The first-order valence-electron chi connectivity index (χ1n) is 13.0. The molecule has 1 amide bonds. The second-order valence-corrected chi connectivity index (χ2v) is 12.6. The first-order valence-corrected chi connectivity index (χ1v) is 16.1. The van der Waals surface area contributed by atoms with Crippen LogP contribution in [0.25, 0.3) is 0 Å². The minimum Gasteiger partial charge on any atom is -0.486 e. The lowest BCUT2D eigenvalue weighted by Gasteiger charge is -2.24. The van der Waals surface area contributed by atoms with Gasteiger partial charge >= 0.3 is 5.97 Å². The molecule has 0 aliphatic carbocycles. The third-order valence-corrected chi connectivity index (χ3v) is 8.55. The van der Waals surface area contributed by atoms with Gasteiger partial charge in [0.15, 0.2) is 23.0 Å². The minimum atomic E-state index is -3.99. The molecular weight excluding hydrogens is 596 g/mol. The van der Waals surface area contributed by atoms with Gasteiger partial charge in [-0.3, -0.25) is 9.69 Å². The Morgan fingerprint density at radius 1 is 0.881 bits per heavy atom. The second-order valence-electron chi connectivity index (χ2n) is 9.52. The number of benzene rings is 2. The minimum absolute atomic E-state index is 0.0242. The molecule has 1 fully saturated rings. The maximum Gasteiger partial charge on any atom is 0.339 e. The lowest BCUT2D eigenvalue weighted by atomic mass is 10.1. The molecule has 1 atom stereocenters. The summed E-state index contributed by atoms with van der Waals surface area (Å²) >= 11 is 0. The topological polar surface area (TPSA) is 227 Å². The van der Waals surface area contributed by atoms with E-state index in [2.05, 4.69) is 17.1 Å². The summed E-state index contributed by atoms with van der Waals surface area (Å²) < 4.78 is 67.0. The van der Waals surface area contributed by atoms with Crippen LogP contribution in [-0.4, -0.2) is 90.8 Å². The average molecular weight is 629 g/mol. The number of fused-ring (bicyclic) bond motifs is 2. The smallest absolute Gasteiger partial charge is 0.339 e. The van der Waals surface area contributed by atoms with Gasteiger partial charge in [0, 0.05) is 24.7 Å². The number of nitrogens with one attached hydrogen (secondary N) is 1. The van der Waals surface area contributed by atoms with Crippen LogP contribution in [0.15, 0.2) is 34.1 Å². The first kappa shape index (κ1) is 31.3. The van der Waals surface area contributed by atoms with Gasteiger partial charge in [-0.25, -0.2) is 31.9 Å². The van der Waals surface area contributed by atoms with E-state index in [4.69, 9.17) is 34.3 Å². The molecule has 5 rings (SSSR count). The van der Waals surface area contributed by atoms with Crippen LogP contribution in [-0.2, 0) is 20.0 Å². The number of sulfonamides is 2. The number of hydrogen-bond donors (Lipinski definition) is 4. The third-order valence-electron chi connectivity index (χ3n) is 6.77. The van der Waals surface area contributed by atoms with E-state index in [0.29, 0.717) is 19.2 Å². The number of carbonyl (C=O) groups excluding carboxylic acids is 1. The highest BCUT2D eigenvalue weighted by Crippen LogP contribution is 2.37. The predicted octanol–water partition coefficient (Wildman–Crippen LogP) is 0.123. The molecule has 3 aliphatic rings. The zero-order chi connectivity index (χ0) is 30.7. The van der Waals surface area contributed by atoms with Crippen molar-refractivity contribution < 1.29 is 50.5 Å². The molecule has 0 bridgehead atoms. The van der Waals surface area contributed by atoms with Crippen LogP contribution in [0, 0.1) is 0 Å². The summed E-state index contributed by atoms with van der Waals surface area (Å²) in [5.41, 5.74) is -0.159. The summed E-state index contributed by atoms with van der Waals surface area (Å²) in [6.07, 6.45) is 2.14. The SMILES string of the molecule is CCN1CCCC1CNC(=O)c1cc(S(N)(=O)=O)cc2c1OCCO2.NS(=O)(=O)c1cc2c(c(C(=O)O)c1)OCCO2. The highest BCUT2D eigenvalue weighted by molar-refractivity contribution is 7.89. The number of carboxylic acid groups (broad SMARTS) is 1. The lowest BCUT2D eigenvalue weighted by molar-refractivity contribution is 0.0685. The highest BCUT2D eigenvalue weighted by Gasteiger charge is 2.28. The van der Waals surface area contributed by atoms with Crippen LogP contribution >= 0.6 is 0 Å². The van der Waals surface area contributed by atoms with Gasteiger partial charge in [-0.15, -0.1) is 0 Å². The Labute approximate surface area is 242 Å². The van der Waals surface area contributed by atoms with Crippen LogP contribution in [0.5, 0.6) is 23.0 Å². The van der Waals surface area contributed by atoms with E-state index in [9.17, 15) is 26.4 Å². The largest absolute Gasteiger partial charge is 0.486 e. The summed E-state index contributed by atoms with van der Waals surface area (Å²) in [5.74, 6) is -1.13. The number of primary sulfonamides is 2. The molecular formula is C25H32N4O11S2. The normalized spacial score (nSPS) is 18.0. The molecule has 3 heterocycles. The van der Waals surface area contributed by atoms with Gasteiger partial charge in [0.25, 0.3) is 5.91 Å². The van der Waals surface area contributed by atoms with Crippen molar-refractivity contribution in [3.8, 4) is 23.0 Å². The Hall–Kier alpha value is -3.64. The van der Waals surface area contributed by atoms with Crippen molar-refractivity contribution in [3.05, 3.63) is 35.4 Å². The molecule has 0 saturated carbocycles. The standard InChI is InChI=1S/C16H23N3O5S.C9H9NO6S/c1-2-19-5-3-4-11(19)10-18-16(20)13-8-12(25(17,21)22)9-14-15(13)24-7-6-23-14;10-17(13,14)5-3-6(9(11)12)8-7(4-5)15-1-2-16-8/h8-9,11H,2-7,10H2,1H3,(H,18,20)(H2,17,21,22);3-4H,1-2H2,(H,11,12)(H2,10,13,14). The van der Waals surface area contributed by atoms with E-state index in [1.54, 1.807) is 0 Å². The zero-order valence-corrected chi connectivity index (χ0v) is 24.3. The number of aromatic carboxylic acids is 1. The number of hydrogen-bond acceptors (Lipinski definition) is 11. The molecule has 0 spiro atoms. The number of nitrogens with zero attached hydrogens (tertiary/aromatic N) is 1. The molecule has 6 N–H and O–H groups in total. The van der Waals surface area contributed by atoms with Gasteiger partial charge in [0.2, 0.25) is 20.0 Å². The molecule has 1 saturated heterocycles. The Morgan fingerprint density at radius 3 is 1.88 bits per heavy atom. The number of nitrogens with two attached hydrogens (primary N) is 2. The Morgan fingerprint density at radius 2 is 1.38 bits per heavy atom. The van der Waals surface area contributed by atoms with Crippen LogP contribution in [0.1, 0.15) is 40.5 Å². The quantitative estimate of drug-likeness (QED) is 0.321. The second kappa shape index (κ2) is 12.7. The van der Waals surface area contributed by atoms with Gasteiger partial charge in [-0.2, -0.15) is 0 Å². The highest BCUT2D eigenvalue weighted by atomic mass is 32.2. The molecule has 15 nitrogen and oxygen atoms in total. The Kier molecular flexibility index (Phi) is 9.47. The van der Waals surface area contributed by atoms with Crippen molar-refractivity contribution in [1.82, 2.24) is 10.2 Å². The molecule has 1 unspecified atom stereocenters. The maximum absolute atomic E-state index is 12.6. The molecule has 3 aliphatic heterocycles. The molecule has 2 aromatic carbocycles. The average Bonchev–Trinajstić information content (AvgIpc) is 3.41. The lowest BCUT2D eigenvalue weighted by Crippen LogP contribution is -2.40. The van der Waals surface area contributed by atoms with E-state index in [1.807, 2.05) is 0 Å². The van der Waals surface area contributed by atoms with E-state index in [1.165, 1.54) is 12.1 Å². The summed E-state index contributed by atoms with van der Waals surface area (Å²) in [6, 6.07) is 4.92. The number of likely N-dealkylation sites (N-methyl/N-ethyl adjacent to an activating group) is 1. The molecule has 0 radical (unpaired) electrons. The van der Waals surface area contributed by atoms with E-state index >= 15 is 0 Å². The van der Waals surface area contributed by atoms with Gasteiger partial charge < -0.3 is 29.4 Å². The Bertz CT molecular complexity index is 1580.